The average molecular weight is 263 g/mol. The minimum atomic E-state index is -0.362. The number of aryl methyl sites for hydroxylation is 1. The predicted octanol–water partition coefficient (Wildman–Crippen LogP) is 2.65. The third kappa shape index (κ3) is 3.12. The summed E-state index contributed by atoms with van der Waals surface area (Å²) in [6.45, 7) is 3.38. The quantitative estimate of drug-likeness (QED) is 0.665. The van der Waals surface area contributed by atoms with Gasteiger partial charge in [-0.3, -0.25) is 15.1 Å². The number of nitrogens with one attached hydrogen (secondary N) is 1. The molecule has 1 N–H and O–H groups in total. The molecule has 2 rings (SSSR count). The number of rotatable bonds is 5. The molecule has 0 radical (unpaired) electrons. The van der Waals surface area contributed by atoms with Gasteiger partial charge in [0, 0.05) is 36.4 Å². The topological polar surface area (TPSA) is 68.1 Å². The largest absolute Gasteiger partial charge is 0.324 e. The van der Waals surface area contributed by atoms with Crippen molar-refractivity contribution in [1.82, 2.24) is 10.3 Å². The molecule has 0 saturated heterocycles. The standard InChI is InChI=1S/C12H13N3O2S/c1-9-4-5-13-6-10(9)7-14-8-11-2-3-12(18-11)15(16)17/h2-6,14H,7-8H2,1H3. The van der Waals surface area contributed by atoms with Crippen LogP contribution in [0, 0.1) is 17.0 Å². The molecular weight excluding hydrogens is 250 g/mol. The van der Waals surface area contributed by atoms with E-state index in [1.807, 2.05) is 19.2 Å². The lowest BCUT2D eigenvalue weighted by atomic mass is 10.1. The smallest absolute Gasteiger partial charge is 0.308 e. The van der Waals surface area contributed by atoms with Gasteiger partial charge in [0.15, 0.2) is 0 Å². The molecule has 0 amide bonds. The van der Waals surface area contributed by atoms with E-state index < -0.39 is 0 Å². The molecule has 18 heavy (non-hydrogen) atoms. The van der Waals surface area contributed by atoms with Crippen molar-refractivity contribution in [2.75, 3.05) is 0 Å². The number of nitro groups is 1. The van der Waals surface area contributed by atoms with Gasteiger partial charge >= 0.3 is 5.00 Å². The molecule has 0 spiro atoms. The van der Waals surface area contributed by atoms with Crippen molar-refractivity contribution in [3.8, 4) is 0 Å². The van der Waals surface area contributed by atoms with Crippen LogP contribution in [0.5, 0.6) is 0 Å². The first-order chi connectivity index (χ1) is 8.66. The highest BCUT2D eigenvalue weighted by Gasteiger charge is 2.09. The van der Waals surface area contributed by atoms with E-state index in [2.05, 4.69) is 10.3 Å². The number of hydrogen-bond acceptors (Lipinski definition) is 5. The maximum Gasteiger partial charge on any atom is 0.324 e. The summed E-state index contributed by atoms with van der Waals surface area (Å²) in [6.07, 6.45) is 3.60. The van der Waals surface area contributed by atoms with E-state index in [-0.39, 0.29) is 9.92 Å². The fraction of sp³-hybridized carbons (Fsp3) is 0.250. The molecule has 2 aromatic heterocycles. The van der Waals surface area contributed by atoms with Gasteiger partial charge in [0.2, 0.25) is 0 Å². The molecule has 0 fully saturated rings. The average Bonchev–Trinajstić information content (AvgIpc) is 2.80. The third-order valence-corrected chi connectivity index (χ3v) is 3.63. The molecule has 0 atom stereocenters. The molecule has 2 heterocycles. The molecule has 0 bridgehead atoms. The van der Waals surface area contributed by atoms with Crippen molar-refractivity contribution in [2.45, 2.75) is 20.0 Å². The second-order valence-corrected chi connectivity index (χ2v) is 5.05. The molecule has 0 aliphatic rings. The Kier molecular flexibility index (Phi) is 4.01. The Morgan fingerprint density at radius 3 is 2.89 bits per heavy atom. The van der Waals surface area contributed by atoms with Crippen LogP contribution in [0.25, 0.3) is 0 Å². The van der Waals surface area contributed by atoms with Gasteiger partial charge < -0.3 is 5.32 Å². The van der Waals surface area contributed by atoms with Crippen molar-refractivity contribution >= 4 is 16.3 Å². The van der Waals surface area contributed by atoms with Crippen LogP contribution >= 0.6 is 11.3 Å². The number of thiophene rings is 1. The fourth-order valence-corrected chi connectivity index (χ4v) is 2.35. The van der Waals surface area contributed by atoms with Gasteiger partial charge in [0.25, 0.3) is 0 Å². The van der Waals surface area contributed by atoms with E-state index in [1.54, 1.807) is 12.3 Å². The van der Waals surface area contributed by atoms with Crippen LogP contribution in [0.2, 0.25) is 0 Å². The molecule has 0 saturated carbocycles. The zero-order valence-corrected chi connectivity index (χ0v) is 10.7. The minimum Gasteiger partial charge on any atom is -0.308 e. The van der Waals surface area contributed by atoms with Gasteiger partial charge in [-0.2, -0.15) is 0 Å². The molecule has 0 unspecified atom stereocenters. The molecule has 5 nitrogen and oxygen atoms in total. The van der Waals surface area contributed by atoms with E-state index in [0.29, 0.717) is 13.1 Å². The lowest BCUT2D eigenvalue weighted by Crippen LogP contribution is -2.12. The Labute approximate surface area is 109 Å². The third-order valence-electron chi connectivity index (χ3n) is 2.59. The summed E-state index contributed by atoms with van der Waals surface area (Å²) in [5.74, 6) is 0. The highest BCUT2D eigenvalue weighted by molar-refractivity contribution is 7.15. The summed E-state index contributed by atoms with van der Waals surface area (Å²) in [4.78, 5) is 15.2. The van der Waals surface area contributed by atoms with Gasteiger partial charge in [-0.05, 0) is 30.2 Å². The van der Waals surface area contributed by atoms with Crippen LogP contribution in [-0.2, 0) is 13.1 Å². The second-order valence-electron chi connectivity index (χ2n) is 3.90. The van der Waals surface area contributed by atoms with Crippen LogP contribution in [-0.4, -0.2) is 9.91 Å². The summed E-state index contributed by atoms with van der Waals surface area (Å²) >= 11 is 1.20. The summed E-state index contributed by atoms with van der Waals surface area (Å²) in [5, 5.41) is 14.0. The van der Waals surface area contributed by atoms with Gasteiger partial charge in [-0.15, -0.1) is 0 Å². The van der Waals surface area contributed by atoms with Crippen LogP contribution < -0.4 is 5.32 Å². The zero-order chi connectivity index (χ0) is 13.0. The lowest BCUT2D eigenvalue weighted by molar-refractivity contribution is -0.380. The van der Waals surface area contributed by atoms with Crippen molar-refractivity contribution < 1.29 is 4.92 Å². The predicted molar refractivity (Wildman–Crippen MR) is 70.5 cm³/mol. The monoisotopic (exact) mass is 263 g/mol. The normalized spacial score (nSPS) is 10.5. The van der Waals surface area contributed by atoms with E-state index in [4.69, 9.17) is 0 Å². The Morgan fingerprint density at radius 1 is 1.39 bits per heavy atom. The zero-order valence-electron chi connectivity index (χ0n) is 9.92. The lowest BCUT2D eigenvalue weighted by Gasteiger charge is -2.05. The van der Waals surface area contributed by atoms with Gasteiger partial charge in [0.05, 0.1) is 4.92 Å². The summed E-state index contributed by atoms with van der Waals surface area (Å²) in [6, 6.07) is 5.29. The Morgan fingerprint density at radius 2 is 2.22 bits per heavy atom. The summed E-state index contributed by atoms with van der Waals surface area (Å²) < 4.78 is 0. The second kappa shape index (κ2) is 5.70. The first kappa shape index (κ1) is 12.7. The van der Waals surface area contributed by atoms with E-state index in [0.717, 1.165) is 10.4 Å². The van der Waals surface area contributed by atoms with Crippen molar-refractivity contribution in [3.63, 3.8) is 0 Å². The summed E-state index contributed by atoms with van der Waals surface area (Å²) in [7, 11) is 0. The van der Waals surface area contributed by atoms with Crippen molar-refractivity contribution in [3.05, 3.63) is 56.7 Å². The highest BCUT2D eigenvalue weighted by Crippen LogP contribution is 2.23. The Bertz CT molecular complexity index is 554. The van der Waals surface area contributed by atoms with E-state index in [9.17, 15) is 10.1 Å². The maximum atomic E-state index is 10.5. The molecule has 0 aromatic carbocycles. The van der Waals surface area contributed by atoms with Crippen LogP contribution in [0.4, 0.5) is 5.00 Å². The Hall–Kier alpha value is -1.79. The highest BCUT2D eigenvalue weighted by atomic mass is 32.1. The number of aromatic nitrogens is 1. The van der Waals surface area contributed by atoms with Gasteiger partial charge in [0.1, 0.15) is 0 Å². The molecule has 0 aliphatic heterocycles. The molecule has 2 aromatic rings. The number of hydrogen-bond donors (Lipinski definition) is 1. The summed E-state index contributed by atoms with van der Waals surface area (Å²) in [5.41, 5.74) is 2.33. The van der Waals surface area contributed by atoms with Gasteiger partial charge in [-0.1, -0.05) is 11.3 Å². The Balaban J connectivity index is 1.88. The van der Waals surface area contributed by atoms with Crippen LogP contribution in [0.15, 0.2) is 30.6 Å². The van der Waals surface area contributed by atoms with Crippen molar-refractivity contribution in [2.24, 2.45) is 0 Å². The minimum absolute atomic E-state index is 0.185. The van der Waals surface area contributed by atoms with Crippen molar-refractivity contribution in [1.29, 1.82) is 0 Å². The number of pyridine rings is 1. The van der Waals surface area contributed by atoms with E-state index in [1.165, 1.54) is 23.0 Å². The van der Waals surface area contributed by atoms with Gasteiger partial charge in [-0.25, -0.2) is 0 Å². The first-order valence-electron chi connectivity index (χ1n) is 5.50. The first-order valence-corrected chi connectivity index (χ1v) is 6.32. The SMILES string of the molecule is Cc1ccncc1CNCc1ccc([N+](=O)[O-])s1. The maximum absolute atomic E-state index is 10.5. The molecule has 0 aliphatic carbocycles. The fourth-order valence-electron chi connectivity index (χ4n) is 1.56. The molecule has 94 valence electrons. The van der Waals surface area contributed by atoms with E-state index >= 15 is 0 Å². The molecular formula is C12H13N3O2S. The van der Waals surface area contributed by atoms with Crippen LogP contribution in [0.3, 0.4) is 0 Å². The van der Waals surface area contributed by atoms with Crippen LogP contribution in [0.1, 0.15) is 16.0 Å². The molecule has 6 heteroatoms. The number of nitrogens with zero attached hydrogens (tertiary/aromatic N) is 2.